The summed E-state index contributed by atoms with van der Waals surface area (Å²) in [4.78, 5) is 29.0. The van der Waals surface area contributed by atoms with Gasteiger partial charge >= 0.3 is 6.18 Å². The van der Waals surface area contributed by atoms with Crippen LogP contribution >= 0.6 is 0 Å². The van der Waals surface area contributed by atoms with Gasteiger partial charge in [0.05, 0.1) is 16.1 Å². The molecule has 0 spiro atoms. The van der Waals surface area contributed by atoms with Crippen LogP contribution < -0.4 is 9.62 Å². The summed E-state index contributed by atoms with van der Waals surface area (Å²) in [6.45, 7) is 2.60. The highest BCUT2D eigenvalue weighted by Crippen LogP contribution is 2.33. The topological polar surface area (TPSA) is 86.8 Å². The summed E-state index contributed by atoms with van der Waals surface area (Å²) in [5, 5.41) is 2.83. The normalized spacial score (nSPS) is 12.3. The largest absolute Gasteiger partial charge is 0.416 e. The van der Waals surface area contributed by atoms with Crippen molar-refractivity contribution in [2.75, 3.05) is 17.4 Å². The number of aryl methyl sites for hydroxylation is 1. The lowest BCUT2D eigenvalue weighted by molar-refractivity contribution is -0.140. The molecule has 12 heteroatoms. The molecule has 0 aliphatic rings. The number of nitrogens with one attached hydrogen (secondary N) is 1. The zero-order chi connectivity index (χ0) is 34.9. The third kappa shape index (κ3) is 9.21. The first-order chi connectivity index (χ1) is 22.8. The lowest BCUT2D eigenvalue weighted by atomic mass is 10.0. The monoisotopic (exact) mass is 683 g/mol. The van der Waals surface area contributed by atoms with E-state index in [4.69, 9.17) is 0 Å². The van der Waals surface area contributed by atoms with Crippen LogP contribution in [0.15, 0.2) is 108 Å². The average molecular weight is 684 g/mol. The Labute approximate surface area is 278 Å². The third-order valence-corrected chi connectivity index (χ3v) is 9.54. The third-order valence-electron chi connectivity index (χ3n) is 7.75. The first-order valence-electron chi connectivity index (χ1n) is 15.4. The second-order valence-electron chi connectivity index (χ2n) is 11.3. The predicted octanol–water partition coefficient (Wildman–Crippen LogP) is 6.90. The van der Waals surface area contributed by atoms with Crippen molar-refractivity contribution in [2.45, 2.75) is 56.8 Å². The maximum atomic E-state index is 15.0. The second-order valence-corrected chi connectivity index (χ2v) is 13.2. The molecule has 0 aromatic heterocycles. The minimum absolute atomic E-state index is 0.00720. The molecule has 2 amide bonds. The van der Waals surface area contributed by atoms with Gasteiger partial charge in [-0.3, -0.25) is 13.9 Å². The van der Waals surface area contributed by atoms with Crippen LogP contribution in [0.5, 0.6) is 0 Å². The molecule has 0 heterocycles. The van der Waals surface area contributed by atoms with Crippen molar-refractivity contribution in [1.29, 1.82) is 0 Å². The van der Waals surface area contributed by atoms with Crippen LogP contribution in [0, 0.1) is 12.7 Å². The number of alkyl halides is 3. The molecule has 4 rings (SSSR count). The molecule has 7 nitrogen and oxygen atoms in total. The highest BCUT2D eigenvalue weighted by atomic mass is 32.2. The van der Waals surface area contributed by atoms with Gasteiger partial charge in [0.2, 0.25) is 11.8 Å². The Kier molecular flexibility index (Phi) is 12.0. The molecule has 0 unspecified atom stereocenters. The van der Waals surface area contributed by atoms with Crippen LogP contribution in [0.3, 0.4) is 0 Å². The number of rotatable bonds is 14. The van der Waals surface area contributed by atoms with E-state index in [0.29, 0.717) is 28.9 Å². The fourth-order valence-electron chi connectivity index (χ4n) is 5.07. The minimum Gasteiger partial charge on any atom is -0.354 e. The van der Waals surface area contributed by atoms with Crippen molar-refractivity contribution >= 4 is 27.5 Å². The SMILES string of the molecule is CCCCNC(=O)[C@H](Cc1ccccc1)N(Cc1ccccc1F)C(=O)CN(c1cccc(C(F)(F)F)c1)S(=O)(=O)c1ccc(C)cc1. The Morgan fingerprint density at radius 3 is 2.19 bits per heavy atom. The fourth-order valence-corrected chi connectivity index (χ4v) is 6.48. The van der Waals surface area contributed by atoms with Gasteiger partial charge in [0.15, 0.2) is 0 Å². The molecular formula is C36H37F4N3O4S. The molecule has 0 fully saturated rings. The van der Waals surface area contributed by atoms with Crippen molar-refractivity contribution in [3.63, 3.8) is 0 Å². The Morgan fingerprint density at radius 1 is 0.875 bits per heavy atom. The Morgan fingerprint density at radius 2 is 1.54 bits per heavy atom. The number of halogens is 4. The molecule has 0 saturated heterocycles. The number of anilines is 1. The smallest absolute Gasteiger partial charge is 0.354 e. The summed E-state index contributed by atoms with van der Waals surface area (Å²) in [5.74, 6) is -2.11. The average Bonchev–Trinajstić information content (AvgIpc) is 3.06. The van der Waals surface area contributed by atoms with Gasteiger partial charge in [-0.25, -0.2) is 12.8 Å². The van der Waals surface area contributed by atoms with Crippen LogP contribution in [0.4, 0.5) is 23.2 Å². The van der Waals surface area contributed by atoms with E-state index in [0.717, 1.165) is 35.1 Å². The van der Waals surface area contributed by atoms with E-state index < -0.39 is 64.2 Å². The van der Waals surface area contributed by atoms with Crippen molar-refractivity contribution in [3.8, 4) is 0 Å². The lowest BCUT2D eigenvalue weighted by Crippen LogP contribution is -2.53. The molecular weight excluding hydrogens is 646 g/mol. The van der Waals surface area contributed by atoms with Crippen LogP contribution in [0.2, 0.25) is 0 Å². The van der Waals surface area contributed by atoms with E-state index >= 15 is 4.39 Å². The first kappa shape index (κ1) is 36.1. The maximum Gasteiger partial charge on any atom is 0.416 e. The number of hydrogen-bond acceptors (Lipinski definition) is 4. The standard InChI is InChI=1S/C36H37F4N3O4S/c1-3-4-21-41-35(45)33(22-27-11-6-5-7-12-27)42(24-28-13-8-9-16-32(28)37)34(44)25-43(30-15-10-14-29(23-30)36(38,39)40)48(46,47)31-19-17-26(2)18-20-31/h5-20,23,33H,3-4,21-22,24-25H2,1-2H3,(H,41,45)/t33-/m0/s1. The highest BCUT2D eigenvalue weighted by Gasteiger charge is 2.36. The molecule has 0 radical (unpaired) electrons. The number of nitrogens with zero attached hydrogens (tertiary/aromatic N) is 2. The number of carbonyl (C=O) groups excluding carboxylic acids is 2. The molecule has 4 aromatic rings. The molecule has 254 valence electrons. The van der Waals surface area contributed by atoms with Gasteiger partial charge in [-0.2, -0.15) is 13.2 Å². The van der Waals surface area contributed by atoms with E-state index in [1.807, 2.05) is 6.92 Å². The summed E-state index contributed by atoms with van der Waals surface area (Å²) in [6.07, 6.45) is -3.35. The van der Waals surface area contributed by atoms with Crippen LogP contribution in [0.1, 0.15) is 42.0 Å². The zero-order valence-electron chi connectivity index (χ0n) is 26.6. The van der Waals surface area contributed by atoms with Gasteiger partial charge in [0, 0.05) is 25.1 Å². The molecule has 48 heavy (non-hydrogen) atoms. The number of sulfonamides is 1. The first-order valence-corrected chi connectivity index (χ1v) is 16.9. The van der Waals surface area contributed by atoms with E-state index in [-0.39, 0.29) is 16.9 Å². The minimum atomic E-state index is -4.80. The summed E-state index contributed by atoms with van der Waals surface area (Å²) in [6, 6.07) is 22.6. The van der Waals surface area contributed by atoms with Gasteiger partial charge < -0.3 is 10.2 Å². The lowest BCUT2D eigenvalue weighted by Gasteiger charge is -2.34. The van der Waals surface area contributed by atoms with Crippen LogP contribution in [-0.2, 0) is 38.8 Å². The van der Waals surface area contributed by atoms with E-state index in [9.17, 15) is 31.2 Å². The number of benzene rings is 4. The summed E-state index contributed by atoms with van der Waals surface area (Å²) in [5.41, 5.74) is -0.0306. The van der Waals surface area contributed by atoms with E-state index in [1.165, 1.54) is 42.5 Å². The van der Waals surface area contributed by atoms with Gasteiger partial charge in [-0.15, -0.1) is 0 Å². The summed E-state index contributed by atoms with van der Waals surface area (Å²) in [7, 11) is -4.62. The molecule has 0 saturated carbocycles. The molecule has 0 aliphatic carbocycles. The quantitative estimate of drug-likeness (QED) is 0.116. The fraction of sp³-hybridized carbons (Fsp3) is 0.278. The number of carbonyl (C=O) groups is 2. The van der Waals surface area contributed by atoms with Crippen LogP contribution in [0.25, 0.3) is 0 Å². The number of hydrogen-bond donors (Lipinski definition) is 1. The van der Waals surface area contributed by atoms with Gasteiger partial charge in [0.25, 0.3) is 10.0 Å². The van der Waals surface area contributed by atoms with Gasteiger partial charge in [-0.1, -0.05) is 85.6 Å². The second kappa shape index (κ2) is 15.9. The molecule has 0 aliphatic heterocycles. The number of unbranched alkanes of at least 4 members (excludes halogenated alkanes) is 1. The Bertz CT molecular complexity index is 1800. The van der Waals surface area contributed by atoms with Crippen molar-refractivity contribution in [2.24, 2.45) is 0 Å². The molecule has 1 atom stereocenters. The summed E-state index contributed by atoms with van der Waals surface area (Å²) >= 11 is 0. The highest BCUT2D eigenvalue weighted by molar-refractivity contribution is 7.92. The Balaban J connectivity index is 1.84. The van der Waals surface area contributed by atoms with E-state index in [2.05, 4.69) is 5.32 Å². The zero-order valence-corrected chi connectivity index (χ0v) is 27.4. The van der Waals surface area contributed by atoms with Gasteiger partial charge in [-0.05, 0) is 55.3 Å². The maximum absolute atomic E-state index is 15.0. The molecule has 0 bridgehead atoms. The van der Waals surface area contributed by atoms with E-state index in [1.54, 1.807) is 43.3 Å². The van der Waals surface area contributed by atoms with Crippen molar-refractivity contribution in [1.82, 2.24) is 10.2 Å². The van der Waals surface area contributed by atoms with Crippen molar-refractivity contribution in [3.05, 3.63) is 131 Å². The summed E-state index contributed by atoms with van der Waals surface area (Å²) < 4.78 is 85.1. The number of amides is 2. The van der Waals surface area contributed by atoms with Crippen molar-refractivity contribution < 1.29 is 35.6 Å². The Hall–Kier alpha value is -4.71. The molecule has 4 aromatic carbocycles. The molecule has 1 N–H and O–H groups in total. The van der Waals surface area contributed by atoms with Gasteiger partial charge in [0.1, 0.15) is 18.4 Å². The van der Waals surface area contributed by atoms with Crippen LogP contribution in [-0.4, -0.2) is 44.3 Å². The predicted molar refractivity (Wildman–Crippen MR) is 176 cm³/mol.